The van der Waals surface area contributed by atoms with Gasteiger partial charge in [-0.2, -0.15) is 0 Å². The average molecular weight is 400 g/mol. The fraction of sp³-hybridized carbons (Fsp3) is 0.136. The second-order valence-electron chi connectivity index (χ2n) is 6.72. The number of benzene rings is 2. The van der Waals surface area contributed by atoms with Crippen molar-refractivity contribution >= 4 is 28.5 Å². The first-order chi connectivity index (χ1) is 14.7. The van der Waals surface area contributed by atoms with Crippen molar-refractivity contribution in [2.75, 3.05) is 5.32 Å². The standard InChI is InChI=1S/C22H20N6O2/c29-21(11-13-28-20-6-2-1-5-19(20)26-27-28)25-18-9-7-17(8-10-18)22(30)24-15-16-4-3-12-23-14-16/h1-10,12,14H,11,13,15H2,(H,24,30)(H,25,29). The van der Waals surface area contributed by atoms with E-state index in [1.54, 1.807) is 41.3 Å². The summed E-state index contributed by atoms with van der Waals surface area (Å²) in [6.45, 7) is 0.837. The predicted molar refractivity (Wildman–Crippen MR) is 113 cm³/mol. The first kappa shape index (κ1) is 19.3. The van der Waals surface area contributed by atoms with E-state index in [-0.39, 0.29) is 18.2 Å². The first-order valence-electron chi connectivity index (χ1n) is 9.54. The summed E-state index contributed by atoms with van der Waals surface area (Å²) < 4.78 is 1.71. The van der Waals surface area contributed by atoms with Crippen LogP contribution in [0.4, 0.5) is 5.69 Å². The largest absolute Gasteiger partial charge is 0.348 e. The van der Waals surface area contributed by atoms with E-state index in [9.17, 15) is 9.59 Å². The summed E-state index contributed by atoms with van der Waals surface area (Å²) in [5, 5.41) is 13.8. The number of aromatic nitrogens is 4. The number of hydrogen-bond acceptors (Lipinski definition) is 5. The quantitative estimate of drug-likeness (QED) is 0.497. The number of nitrogens with one attached hydrogen (secondary N) is 2. The van der Waals surface area contributed by atoms with Gasteiger partial charge in [-0.15, -0.1) is 5.10 Å². The van der Waals surface area contributed by atoms with Crippen molar-refractivity contribution in [3.63, 3.8) is 0 Å². The fourth-order valence-corrected chi connectivity index (χ4v) is 3.01. The van der Waals surface area contributed by atoms with E-state index in [0.29, 0.717) is 24.3 Å². The Morgan fingerprint density at radius 2 is 1.80 bits per heavy atom. The van der Waals surface area contributed by atoms with Crippen molar-refractivity contribution in [1.82, 2.24) is 25.3 Å². The average Bonchev–Trinajstić information content (AvgIpc) is 3.20. The minimum absolute atomic E-state index is 0.136. The zero-order valence-corrected chi connectivity index (χ0v) is 16.2. The maximum absolute atomic E-state index is 12.3. The molecule has 2 aromatic heterocycles. The van der Waals surface area contributed by atoms with Crippen LogP contribution in [0.2, 0.25) is 0 Å². The van der Waals surface area contributed by atoms with E-state index in [4.69, 9.17) is 0 Å². The summed E-state index contributed by atoms with van der Waals surface area (Å²) >= 11 is 0. The summed E-state index contributed by atoms with van der Waals surface area (Å²) in [4.78, 5) is 28.5. The van der Waals surface area contributed by atoms with Crippen molar-refractivity contribution in [3.8, 4) is 0 Å². The number of aryl methyl sites for hydroxylation is 1. The van der Waals surface area contributed by atoms with Crippen LogP contribution in [0.25, 0.3) is 11.0 Å². The molecule has 0 aliphatic carbocycles. The van der Waals surface area contributed by atoms with Gasteiger partial charge in [-0.25, -0.2) is 4.68 Å². The van der Waals surface area contributed by atoms with Gasteiger partial charge in [-0.3, -0.25) is 14.6 Å². The van der Waals surface area contributed by atoms with Gasteiger partial charge in [0.05, 0.1) is 12.1 Å². The summed E-state index contributed by atoms with van der Waals surface area (Å²) in [5.74, 6) is -0.321. The zero-order chi connectivity index (χ0) is 20.8. The van der Waals surface area contributed by atoms with E-state index in [2.05, 4.69) is 25.9 Å². The van der Waals surface area contributed by atoms with E-state index in [1.165, 1.54) is 0 Å². The van der Waals surface area contributed by atoms with E-state index >= 15 is 0 Å². The number of carbonyl (C=O) groups excluding carboxylic acids is 2. The molecule has 30 heavy (non-hydrogen) atoms. The Kier molecular flexibility index (Phi) is 5.75. The SMILES string of the molecule is O=C(CCn1nnc2ccccc21)Nc1ccc(C(=O)NCc2cccnc2)cc1. The van der Waals surface area contributed by atoms with Crippen molar-refractivity contribution in [2.45, 2.75) is 19.5 Å². The molecule has 4 aromatic rings. The van der Waals surface area contributed by atoms with Crippen LogP contribution in [0.1, 0.15) is 22.3 Å². The molecule has 8 nitrogen and oxygen atoms in total. The molecular formula is C22H20N6O2. The summed E-state index contributed by atoms with van der Waals surface area (Å²) in [5.41, 5.74) is 3.77. The van der Waals surface area contributed by atoms with Crippen LogP contribution in [0.3, 0.4) is 0 Å². The second-order valence-corrected chi connectivity index (χ2v) is 6.72. The molecule has 2 aromatic carbocycles. The Hall–Kier alpha value is -4.07. The van der Waals surface area contributed by atoms with Gasteiger partial charge in [0, 0.05) is 36.6 Å². The Morgan fingerprint density at radius 1 is 0.967 bits per heavy atom. The summed E-state index contributed by atoms with van der Waals surface area (Å²) in [7, 11) is 0. The van der Waals surface area contributed by atoms with E-state index < -0.39 is 0 Å². The highest BCUT2D eigenvalue weighted by Gasteiger charge is 2.09. The monoisotopic (exact) mass is 400 g/mol. The van der Waals surface area contributed by atoms with Crippen LogP contribution in [-0.4, -0.2) is 31.8 Å². The molecule has 0 aliphatic rings. The molecule has 0 fully saturated rings. The van der Waals surface area contributed by atoms with Gasteiger partial charge < -0.3 is 10.6 Å². The number of anilines is 1. The van der Waals surface area contributed by atoms with Crippen LogP contribution in [0.5, 0.6) is 0 Å². The lowest BCUT2D eigenvalue weighted by Gasteiger charge is -2.08. The van der Waals surface area contributed by atoms with Crippen LogP contribution in [0.15, 0.2) is 73.1 Å². The molecule has 2 amide bonds. The molecule has 0 radical (unpaired) electrons. The number of para-hydroxylation sites is 1. The van der Waals surface area contributed by atoms with Crippen LogP contribution >= 0.6 is 0 Å². The maximum atomic E-state index is 12.3. The van der Waals surface area contributed by atoms with Gasteiger partial charge in [-0.05, 0) is 48.0 Å². The third-order valence-electron chi connectivity index (χ3n) is 4.58. The van der Waals surface area contributed by atoms with Crippen LogP contribution in [-0.2, 0) is 17.9 Å². The zero-order valence-electron chi connectivity index (χ0n) is 16.2. The van der Waals surface area contributed by atoms with E-state index in [0.717, 1.165) is 16.6 Å². The van der Waals surface area contributed by atoms with Crippen LogP contribution in [0, 0.1) is 0 Å². The summed E-state index contributed by atoms with van der Waals surface area (Å²) in [6.07, 6.45) is 3.66. The first-order valence-corrected chi connectivity index (χ1v) is 9.54. The van der Waals surface area contributed by atoms with Gasteiger partial charge in [0.15, 0.2) is 0 Å². The normalized spacial score (nSPS) is 10.7. The lowest BCUT2D eigenvalue weighted by Crippen LogP contribution is -2.22. The molecule has 0 saturated heterocycles. The minimum atomic E-state index is -0.185. The molecule has 2 heterocycles. The number of rotatable bonds is 7. The Morgan fingerprint density at radius 3 is 2.60 bits per heavy atom. The van der Waals surface area contributed by atoms with Crippen molar-refractivity contribution in [1.29, 1.82) is 0 Å². The highest BCUT2D eigenvalue weighted by Crippen LogP contribution is 2.12. The summed E-state index contributed by atoms with van der Waals surface area (Å²) in [6, 6.07) is 18.1. The lowest BCUT2D eigenvalue weighted by atomic mass is 10.2. The third kappa shape index (κ3) is 4.67. The van der Waals surface area contributed by atoms with E-state index in [1.807, 2.05) is 36.4 Å². The molecule has 0 aliphatic heterocycles. The molecule has 4 rings (SSSR count). The number of fused-ring (bicyclic) bond motifs is 1. The molecule has 150 valence electrons. The van der Waals surface area contributed by atoms with Gasteiger partial charge >= 0.3 is 0 Å². The molecular weight excluding hydrogens is 380 g/mol. The van der Waals surface area contributed by atoms with Gasteiger partial charge in [0.1, 0.15) is 5.52 Å². The Balaban J connectivity index is 1.28. The lowest BCUT2D eigenvalue weighted by molar-refractivity contribution is -0.116. The second kappa shape index (κ2) is 8.95. The topological polar surface area (TPSA) is 102 Å². The number of carbonyl (C=O) groups is 2. The number of nitrogens with zero attached hydrogens (tertiary/aromatic N) is 4. The molecule has 0 unspecified atom stereocenters. The predicted octanol–water partition coefficient (Wildman–Crippen LogP) is 2.79. The maximum Gasteiger partial charge on any atom is 0.251 e. The minimum Gasteiger partial charge on any atom is -0.348 e. The highest BCUT2D eigenvalue weighted by atomic mass is 16.2. The molecule has 0 spiro atoms. The molecule has 8 heteroatoms. The van der Waals surface area contributed by atoms with Crippen molar-refractivity contribution < 1.29 is 9.59 Å². The molecule has 0 bridgehead atoms. The molecule has 2 N–H and O–H groups in total. The Bertz CT molecular complexity index is 1160. The van der Waals surface area contributed by atoms with Crippen molar-refractivity contribution in [3.05, 3.63) is 84.2 Å². The molecule has 0 atom stereocenters. The van der Waals surface area contributed by atoms with Gasteiger partial charge in [0.25, 0.3) is 5.91 Å². The number of hydrogen-bond donors (Lipinski definition) is 2. The highest BCUT2D eigenvalue weighted by molar-refractivity contribution is 5.95. The van der Waals surface area contributed by atoms with Crippen LogP contribution < -0.4 is 10.6 Å². The van der Waals surface area contributed by atoms with Crippen molar-refractivity contribution in [2.24, 2.45) is 0 Å². The molecule has 0 saturated carbocycles. The fourth-order valence-electron chi connectivity index (χ4n) is 3.01. The van der Waals surface area contributed by atoms with Gasteiger partial charge in [0.2, 0.25) is 5.91 Å². The number of amides is 2. The van der Waals surface area contributed by atoms with Gasteiger partial charge in [-0.1, -0.05) is 23.4 Å². The number of pyridine rings is 1. The Labute approximate surface area is 172 Å². The smallest absolute Gasteiger partial charge is 0.251 e. The third-order valence-corrected chi connectivity index (χ3v) is 4.58.